The van der Waals surface area contributed by atoms with Gasteiger partial charge in [0.05, 0.1) is 6.54 Å². The zero-order chi connectivity index (χ0) is 10.4. The second-order valence-corrected chi connectivity index (χ2v) is 3.44. The number of guanidine groups is 1. The minimum atomic E-state index is 0.247. The number of rotatable bonds is 2. The summed E-state index contributed by atoms with van der Waals surface area (Å²) in [6, 6.07) is 0. The fraction of sp³-hybridized carbons (Fsp3) is 0.778. The van der Waals surface area contributed by atoms with E-state index in [4.69, 9.17) is 0 Å². The van der Waals surface area contributed by atoms with Crippen molar-refractivity contribution in [2.45, 2.75) is 0 Å². The van der Waals surface area contributed by atoms with Crippen LogP contribution < -0.4 is 5.32 Å². The number of aldehydes is 1. The number of hydrogen-bond acceptors (Lipinski definition) is 3. The van der Waals surface area contributed by atoms with Gasteiger partial charge in [0.25, 0.3) is 0 Å². The molecule has 0 unspecified atom stereocenters. The van der Waals surface area contributed by atoms with Gasteiger partial charge >= 0.3 is 0 Å². The smallest absolute Gasteiger partial charge is 0.196 e. The predicted molar refractivity (Wildman–Crippen MR) is 56.5 cm³/mol. The van der Waals surface area contributed by atoms with Gasteiger partial charge in [-0.3, -0.25) is 0 Å². The predicted octanol–water partition coefficient (Wildman–Crippen LogP) is -0.992. The highest BCUT2D eigenvalue weighted by Crippen LogP contribution is 1.97. The Morgan fingerprint density at radius 1 is 1.50 bits per heavy atom. The second kappa shape index (κ2) is 5.59. The van der Waals surface area contributed by atoms with Crippen molar-refractivity contribution in [3.8, 4) is 0 Å². The van der Waals surface area contributed by atoms with Gasteiger partial charge in [-0.05, 0) is 0 Å². The lowest BCUT2D eigenvalue weighted by atomic mass is 10.4. The molecular weight excluding hydrogens is 180 g/mol. The maximum atomic E-state index is 10.3. The molecule has 0 radical (unpaired) electrons. The van der Waals surface area contributed by atoms with Crippen molar-refractivity contribution in [1.82, 2.24) is 15.1 Å². The number of hydrogen-bond donors (Lipinski definition) is 1. The molecule has 5 nitrogen and oxygen atoms in total. The van der Waals surface area contributed by atoms with Crippen LogP contribution >= 0.6 is 0 Å². The maximum absolute atomic E-state index is 10.3. The summed E-state index contributed by atoms with van der Waals surface area (Å²) in [6.45, 7) is 4.12. The number of carbonyl (C=O) groups is 1. The monoisotopic (exact) mass is 198 g/mol. The molecule has 14 heavy (non-hydrogen) atoms. The van der Waals surface area contributed by atoms with Gasteiger partial charge in [0.15, 0.2) is 5.96 Å². The standard InChI is InChI=1S/C9H18N4O/c1-12(2)9(11-5-8-14)13-6-3-10-4-7-13/h8,10H,3-7H2,1-2H3. The quantitative estimate of drug-likeness (QED) is 0.351. The molecule has 1 aliphatic heterocycles. The van der Waals surface area contributed by atoms with E-state index in [1.54, 1.807) is 0 Å². The third-order valence-corrected chi connectivity index (χ3v) is 2.11. The van der Waals surface area contributed by atoms with Crippen molar-refractivity contribution in [2.24, 2.45) is 4.99 Å². The zero-order valence-electron chi connectivity index (χ0n) is 8.86. The van der Waals surface area contributed by atoms with E-state index in [-0.39, 0.29) is 6.54 Å². The van der Waals surface area contributed by atoms with Crippen LogP contribution in [0, 0.1) is 0 Å². The Hall–Kier alpha value is -1.10. The molecule has 1 heterocycles. The molecule has 0 aliphatic carbocycles. The van der Waals surface area contributed by atoms with Gasteiger partial charge < -0.3 is 19.9 Å². The van der Waals surface area contributed by atoms with Crippen LogP contribution in [0.3, 0.4) is 0 Å². The molecule has 0 bridgehead atoms. The summed E-state index contributed by atoms with van der Waals surface area (Å²) in [5.41, 5.74) is 0. The molecule has 1 fully saturated rings. The summed E-state index contributed by atoms with van der Waals surface area (Å²) in [7, 11) is 3.90. The van der Waals surface area contributed by atoms with Crippen LogP contribution in [-0.4, -0.2) is 68.9 Å². The summed E-state index contributed by atoms with van der Waals surface area (Å²) in [4.78, 5) is 18.6. The van der Waals surface area contributed by atoms with Crippen molar-refractivity contribution in [3.05, 3.63) is 0 Å². The molecule has 1 aliphatic rings. The summed E-state index contributed by atoms with van der Waals surface area (Å²) < 4.78 is 0. The zero-order valence-corrected chi connectivity index (χ0v) is 8.86. The van der Waals surface area contributed by atoms with E-state index in [1.807, 2.05) is 19.0 Å². The summed E-state index contributed by atoms with van der Waals surface area (Å²) in [5, 5.41) is 3.28. The largest absolute Gasteiger partial charge is 0.349 e. The number of aliphatic imine (C=N–C) groups is 1. The van der Waals surface area contributed by atoms with Crippen LogP contribution in [0.5, 0.6) is 0 Å². The van der Waals surface area contributed by atoms with Crippen LogP contribution in [0.15, 0.2) is 4.99 Å². The molecule has 0 aromatic carbocycles. The summed E-state index contributed by atoms with van der Waals surface area (Å²) in [5.74, 6) is 0.901. The lowest BCUT2D eigenvalue weighted by Crippen LogP contribution is -2.50. The normalized spacial score (nSPS) is 18.1. The average molecular weight is 198 g/mol. The van der Waals surface area contributed by atoms with Crippen LogP contribution in [0.25, 0.3) is 0 Å². The van der Waals surface area contributed by atoms with Crippen LogP contribution in [-0.2, 0) is 4.79 Å². The first-order valence-electron chi connectivity index (χ1n) is 4.86. The minimum absolute atomic E-state index is 0.247. The second-order valence-electron chi connectivity index (χ2n) is 3.44. The molecule has 1 N–H and O–H groups in total. The van der Waals surface area contributed by atoms with Crippen molar-refractivity contribution in [2.75, 3.05) is 46.8 Å². The molecule has 0 saturated carbocycles. The Morgan fingerprint density at radius 3 is 2.64 bits per heavy atom. The third kappa shape index (κ3) is 2.99. The molecule has 80 valence electrons. The molecule has 0 aromatic heterocycles. The average Bonchev–Trinajstić information content (AvgIpc) is 2.19. The van der Waals surface area contributed by atoms with Crippen LogP contribution in [0.1, 0.15) is 0 Å². The van der Waals surface area contributed by atoms with Crippen LogP contribution in [0.4, 0.5) is 0 Å². The number of nitrogens with zero attached hydrogens (tertiary/aromatic N) is 3. The van der Waals surface area contributed by atoms with Gasteiger partial charge in [0.1, 0.15) is 6.29 Å². The van der Waals surface area contributed by atoms with Crippen molar-refractivity contribution in [1.29, 1.82) is 0 Å². The first-order valence-corrected chi connectivity index (χ1v) is 4.86. The molecule has 0 amide bonds. The topological polar surface area (TPSA) is 47.9 Å². The molecule has 1 rings (SSSR count). The van der Waals surface area contributed by atoms with E-state index in [2.05, 4.69) is 15.2 Å². The Bertz CT molecular complexity index is 209. The molecule has 0 atom stereocenters. The number of piperazine rings is 1. The first kappa shape index (κ1) is 11.0. The Morgan fingerprint density at radius 2 is 2.14 bits per heavy atom. The summed E-state index contributed by atoms with van der Waals surface area (Å²) in [6.07, 6.45) is 0.825. The molecule has 5 heteroatoms. The third-order valence-electron chi connectivity index (χ3n) is 2.11. The van der Waals surface area contributed by atoms with Crippen LogP contribution in [0.2, 0.25) is 0 Å². The highest BCUT2D eigenvalue weighted by Gasteiger charge is 2.15. The van der Waals surface area contributed by atoms with Gasteiger partial charge in [-0.1, -0.05) is 0 Å². The molecule has 1 saturated heterocycles. The molecule has 0 spiro atoms. The van der Waals surface area contributed by atoms with E-state index >= 15 is 0 Å². The van der Waals surface area contributed by atoms with E-state index in [0.717, 1.165) is 38.4 Å². The Balaban J connectivity index is 2.60. The van der Waals surface area contributed by atoms with E-state index in [0.29, 0.717) is 0 Å². The highest BCUT2D eigenvalue weighted by atomic mass is 16.1. The summed E-state index contributed by atoms with van der Waals surface area (Å²) >= 11 is 0. The fourth-order valence-electron chi connectivity index (χ4n) is 1.51. The van der Waals surface area contributed by atoms with E-state index < -0.39 is 0 Å². The molecule has 0 aromatic rings. The fourth-order valence-corrected chi connectivity index (χ4v) is 1.51. The van der Waals surface area contributed by atoms with Gasteiger partial charge in [-0.2, -0.15) is 0 Å². The number of carbonyl (C=O) groups excluding carboxylic acids is 1. The highest BCUT2D eigenvalue weighted by molar-refractivity contribution is 5.81. The Kier molecular flexibility index (Phi) is 4.39. The first-order chi connectivity index (χ1) is 6.75. The van der Waals surface area contributed by atoms with E-state index in [9.17, 15) is 4.79 Å². The lowest BCUT2D eigenvalue weighted by Gasteiger charge is -2.33. The van der Waals surface area contributed by atoms with Gasteiger partial charge in [0, 0.05) is 40.3 Å². The molecular formula is C9H18N4O. The van der Waals surface area contributed by atoms with Crippen molar-refractivity contribution < 1.29 is 4.79 Å². The van der Waals surface area contributed by atoms with Gasteiger partial charge in [-0.15, -0.1) is 0 Å². The van der Waals surface area contributed by atoms with E-state index in [1.165, 1.54) is 0 Å². The van der Waals surface area contributed by atoms with Crippen molar-refractivity contribution in [3.63, 3.8) is 0 Å². The number of nitrogens with one attached hydrogen (secondary N) is 1. The minimum Gasteiger partial charge on any atom is -0.349 e. The SMILES string of the molecule is CN(C)C(=NCC=O)N1CCNCC1. The Labute approximate surface area is 84.8 Å². The van der Waals surface area contributed by atoms with Gasteiger partial charge in [0.2, 0.25) is 0 Å². The van der Waals surface area contributed by atoms with Crippen molar-refractivity contribution >= 4 is 12.2 Å². The maximum Gasteiger partial charge on any atom is 0.196 e. The van der Waals surface area contributed by atoms with Gasteiger partial charge in [-0.25, -0.2) is 4.99 Å². The lowest BCUT2D eigenvalue weighted by molar-refractivity contribution is -0.106.